The molecule has 1 aromatic heterocycles. The number of carboxylic acids is 1. The highest BCUT2D eigenvalue weighted by atomic mass is 35.5. The number of hydrogen-bond donors (Lipinski definition) is 1. The van der Waals surface area contributed by atoms with Crippen LogP contribution in [0.4, 0.5) is 0 Å². The molecule has 0 bridgehead atoms. The third-order valence-corrected chi connectivity index (χ3v) is 3.63. The van der Waals surface area contributed by atoms with E-state index in [0.717, 1.165) is 0 Å². The lowest BCUT2D eigenvalue weighted by molar-refractivity contribution is 0.0654. The van der Waals surface area contributed by atoms with E-state index in [0.29, 0.717) is 32.6 Å². The molecule has 0 aliphatic carbocycles. The molecule has 0 spiro atoms. The van der Waals surface area contributed by atoms with E-state index in [2.05, 4.69) is 4.98 Å². The Morgan fingerprint density at radius 3 is 2.36 bits per heavy atom. The van der Waals surface area contributed by atoms with E-state index in [1.165, 1.54) is 0 Å². The summed E-state index contributed by atoms with van der Waals surface area (Å²) >= 11 is 12.1. The highest BCUT2D eigenvalue weighted by Crippen LogP contribution is 2.36. The van der Waals surface area contributed by atoms with Crippen LogP contribution in [0, 0.1) is 0 Å². The Hall–Kier alpha value is -2.30. The van der Waals surface area contributed by atoms with Crippen LogP contribution in [0.25, 0.3) is 22.6 Å². The minimum Gasteiger partial charge on any atom is -0.474 e. The number of hydrogen-bond acceptors (Lipinski definition) is 3. The van der Waals surface area contributed by atoms with E-state index in [4.69, 9.17) is 32.7 Å². The highest BCUT2D eigenvalue weighted by Gasteiger charge is 2.22. The molecule has 4 nitrogen and oxygen atoms in total. The smallest absolute Gasteiger partial charge is 0.392 e. The van der Waals surface area contributed by atoms with E-state index < -0.39 is 5.97 Å². The number of halogens is 2. The second-order valence-electron chi connectivity index (χ2n) is 4.49. The van der Waals surface area contributed by atoms with Crippen molar-refractivity contribution < 1.29 is 14.3 Å². The van der Waals surface area contributed by atoms with Crippen LogP contribution in [0.2, 0.25) is 10.0 Å². The molecule has 0 unspecified atom stereocenters. The van der Waals surface area contributed by atoms with Gasteiger partial charge in [-0.05, 0) is 30.3 Å². The lowest BCUT2D eigenvalue weighted by atomic mass is 10.1. The number of aromatic carboxylic acids is 1. The van der Waals surface area contributed by atoms with Gasteiger partial charge in [0.15, 0.2) is 5.76 Å². The van der Waals surface area contributed by atoms with Crippen LogP contribution in [0.3, 0.4) is 0 Å². The Balaban J connectivity index is 2.23. The largest absolute Gasteiger partial charge is 0.474 e. The zero-order valence-corrected chi connectivity index (χ0v) is 12.6. The van der Waals surface area contributed by atoms with Gasteiger partial charge in [-0.3, -0.25) is 0 Å². The van der Waals surface area contributed by atoms with Gasteiger partial charge in [0.2, 0.25) is 0 Å². The first-order valence-corrected chi connectivity index (χ1v) is 7.07. The summed E-state index contributed by atoms with van der Waals surface area (Å²) in [5.41, 5.74) is 1.65. The topological polar surface area (TPSA) is 63.3 Å². The summed E-state index contributed by atoms with van der Waals surface area (Å²) in [6.07, 6.45) is 0. The van der Waals surface area contributed by atoms with Crippen molar-refractivity contribution in [2.24, 2.45) is 0 Å². The van der Waals surface area contributed by atoms with Crippen LogP contribution in [0.5, 0.6) is 0 Å². The summed E-state index contributed by atoms with van der Waals surface area (Å²) in [4.78, 5) is 15.2. The van der Waals surface area contributed by atoms with E-state index in [1.54, 1.807) is 48.5 Å². The average Bonchev–Trinajstić information content (AvgIpc) is 2.94. The van der Waals surface area contributed by atoms with Crippen molar-refractivity contribution in [1.82, 2.24) is 4.98 Å². The predicted octanol–water partition coefficient (Wildman–Crippen LogP) is 5.01. The third kappa shape index (κ3) is 2.71. The first-order chi connectivity index (χ1) is 10.6. The molecule has 1 heterocycles. The fraction of sp³-hybridized carbons (Fsp3) is 0. The van der Waals surface area contributed by atoms with Gasteiger partial charge in [-0.1, -0.05) is 41.4 Å². The standard InChI is InChI=1S/C16H9Cl2NO3/c17-10-7-5-9(6-8-10)14-13(19-15(22-14)16(20)21)11-3-1-2-4-12(11)18/h1-8H,(H,20,21). The zero-order valence-electron chi connectivity index (χ0n) is 11.1. The first-order valence-electron chi connectivity index (χ1n) is 6.31. The fourth-order valence-electron chi connectivity index (χ4n) is 2.04. The summed E-state index contributed by atoms with van der Waals surface area (Å²) in [7, 11) is 0. The van der Waals surface area contributed by atoms with Crippen molar-refractivity contribution in [3.63, 3.8) is 0 Å². The molecule has 0 saturated heterocycles. The Kier molecular flexibility index (Phi) is 3.88. The van der Waals surface area contributed by atoms with Gasteiger partial charge >= 0.3 is 11.9 Å². The Morgan fingerprint density at radius 1 is 1.05 bits per heavy atom. The van der Waals surface area contributed by atoms with Crippen LogP contribution >= 0.6 is 23.2 Å². The van der Waals surface area contributed by atoms with Crippen molar-refractivity contribution in [3.05, 3.63) is 64.5 Å². The zero-order chi connectivity index (χ0) is 15.7. The van der Waals surface area contributed by atoms with Crippen molar-refractivity contribution in [2.75, 3.05) is 0 Å². The van der Waals surface area contributed by atoms with Crippen molar-refractivity contribution in [2.45, 2.75) is 0 Å². The molecule has 0 aliphatic heterocycles. The molecule has 1 N–H and O–H groups in total. The van der Waals surface area contributed by atoms with Crippen LogP contribution < -0.4 is 0 Å². The summed E-state index contributed by atoms with van der Waals surface area (Å²) in [5.74, 6) is -1.30. The molecule has 0 atom stereocenters. The maximum atomic E-state index is 11.2. The predicted molar refractivity (Wildman–Crippen MR) is 84.4 cm³/mol. The van der Waals surface area contributed by atoms with Gasteiger partial charge in [0.05, 0.1) is 5.02 Å². The lowest BCUT2D eigenvalue weighted by Gasteiger charge is -2.03. The molecule has 2 aromatic carbocycles. The molecule has 22 heavy (non-hydrogen) atoms. The van der Waals surface area contributed by atoms with Gasteiger partial charge in [0.25, 0.3) is 0 Å². The van der Waals surface area contributed by atoms with Gasteiger partial charge in [-0.25, -0.2) is 9.78 Å². The van der Waals surface area contributed by atoms with Crippen LogP contribution in [0.15, 0.2) is 52.9 Å². The maximum absolute atomic E-state index is 11.2. The monoisotopic (exact) mass is 333 g/mol. The summed E-state index contributed by atoms with van der Waals surface area (Å²) < 4.78 is 5.40. The quantitative estimate of drug-likeness (QED) is 0.731. The molecule has 3 aromatic rings. The molecule has 6 heteroatoms. The number of aromatic nitrogens is 1. The molecule has 3 rings (SSSR count). The first kappa shape index (κ1) is 14.6. The SMILES string of the molecule is O=C(O)c1nc(-c2ccccc2Cl)c(-c2ccc(Cl)cc2)o1. The van der Waals surface area contributed by atoms with E-state index in [1.807, 2.05) is 0 Å². The van der Waals surface area contributed by atoms with Crippen LogP contribution in [-0.4, -0.2) is 16.1 Å². The van der Waals surface area contributed by atoms with Crippen molar-refractivity contribution >= 4 is 29.2 Å². The summed E-state index contributed by atoms with van der Waals surface area (Å²) in [6, 6.07) is 13.9. The summed E-state index contributed by atoms with van der Waals surface area (Å²) in [5, 5.41) is 10.2. The number of nitrogens with zero attached hydrogens (tertiary/aromatic N) is 1. The van der Waals surface area contributed by atoms with E-state index >= 15 is 0 Å². The Labute approximate surface area is 135 Å². The molecule has 0 saturated carbocycles. The fourth-order valence-corrected chi connectivity index (χ4v) is 2.40. The second-order valence-corrected chi connectivity index (χ2v) is 5.33. The second kappa shape index (κ2) is 5.83. The van der Waals surface area contributed by atoms with E-state index in [9.17, 15) is 4.79 Å². The number of benzene rings is 2. The van der Waals surface area contributed by atoms with Gasteiger partial charge in [0, 0.05) is 16.1 Å². The van der Waals surface area contributed by atoms with Crippen molar-refractivity contribution in [1.29, 1.82) is 0 Å². The minimum atomic E-state index is -1.24. The molecule has 110 valence electrons. The molecular weight excluding hydrogens is 325 g/mol. The Bertz CT molecular complexity index is 841. The van der Waals surface area contributed by atoms with Crippen molar-refractivity contribution in [3.8, 4) is 22.6 Å². The van der Waals surface area contributed by atoms with Crippen LogP contribution in [-0.2, 0) is 0 Å². The highest BCUT2D eigenvalue weighted by molar-refractivity contribution is 6.33. The van der Waals surface area contributed by atoms with Gasteiger partial charge in [-0.2, -0.15) is 0 Å². The lowest BCUT2D eigenvalue weighted by Crippen LogP contribution is -1.95. The molecular formula is C16H9Cl2NO3. The number of carbonyl (C=O) groups is 1. The van der Waals surface area contributed by atoms with E-state index in [-0.39, 0.29) is 5.89 Å². The molecule has 0 amide bonds. The van der Waals surface area contributed by atoms with Gasteiger partial charge in [-0.15, -0.1) is 0 Å². The van der Waals surface area contributed by atoms with Gasteiger partial charge in [0.1, 0.15) is 5.69 Å². The average molecular weight is 334 g/mol. The number of oxazole rings is 1. The number of carboxylic acid groups (broad SMARTS) is 1. The van der Waals surface area contributed by atoms with Gasteiger partial charge < -0.3 is 9.52 Å². The molecule has 0 fully saturated rings. The normalized spacial score (nSPS) is 10.6. The molecule has 0 radical (unpaired) electrons. The minimum absolute atomic E-state index is 0.335. The van der Waals surface area contributed by atoms with Crippen LogP contribution in [0.1, 0.15) is 10.7 Å². The number of rotatable bonds is 3. The summed E-state index contributed by atoms with van der Waals surface area (Å²) in [6.45, 7) is 0. The third-order valence-electron chi connectivity index (χ3n) is 3.05. The molecule has 0 aliphatic rings. The maximum Gasteiger partial charge on any atom is 0.392 e. The Morgan fingerprint density at radius 2 is 1.73 bits per heavy atom.